The average molecular weight is 302 g/mol. The maximum Gasteiger partial charge on any atom is 0.326 e. The fourth-order valence-corrected chi connectivity index (χ4v) is 2.73. The molecule has 6 heteroatoms. The summed E-state index contributed by atoms with van der Waals surface area (Å²) in [5.74, 6) is -0.182. The number of esters is 1. The Kier molecular flexibility index (Phi) is 7.59. The van der Waals surface area contributed by atoms with Crippen molar-refractivity contribution < 1.29 is 19.0 Å². The molecule has 1 aliphatic heterocycles. The fraction of sp³-hybridized carbons (Fsp3) is 0.933. The zero-order valence-electron chi connectivity index (χ0n) is 14.0. The van der Waals surface area contributed by atoms with Crippen molar-refractivity contribution in [3.05, 3.63) is 0 Å². The molecule has 0 aromatic carbocycles. The molecule has 0 amide bonds. The highest BCUT2D eigenvalue weighted by molar-refractivity contribution is 5.80. The number of methoxy groups -OCH3 is 2. The second kappa shape index (κ2) is 8.68. The Morgan fingerprint density at radius 2 is 1.86 bits per heavy atom. The summed E-state index contributed by atoms with van der Waals surface area (Å²) in [6, 6.07) is 0. The lowest BCUT2D eigenvalue weighted by molar-refractivity contribution is -0.150. The Balaban J connectivity index is 2.40. The normalized spacial score (nSPS) is 25.8. The lowest BCUT2D eigenvalue weighted by Gasteiger charge is -2.27. The summed E-state index contributed by atoms with van der Waals surface area (Å²) in [4.78, 5) is 14.3. The van der Waals surface area contributed by atoms with E-state index >= 15 is 0 Å². The van der Waals surface area contributed by atoms with Gasteiger partial charge in [0.05, 0.1) is 18.8 Å². The molecule has 0 bridgehead atoms. The van der Waals surface area contributed by atoms with Crippen LogP contribution in [0, 0.1) is 0 Å². The molecule has 0 aliphatic carbocycles. The molecule has 3 atom stereocenters. The summed E-state index contributed by atoms with van der Waals surface area (Å²) < 4.78 is 16.0. The van der Waals surface area contributed by atoms with Crippen molar-refractivity contribution in [1.29, 1.82) is 0 Å². The van der Waals surface area contributed by atoms with Crippen LogP contribution in [-0.2, 0) is 19.0 Å². The summed E-state index contributed by atoms with van der Waals surface area (Å²) in [5.41, 5.74) is -0.614. The largest absolute Gasteiger partial charge is 0.465 e. The van der Waals surface area contributed by atoms with Crippen LogP contribution >= 0.6 is 0 Å². The van der Waals surface area contributed by atoms with Crippen molar-refractivity contribution >= 4 is 5.97 Å². The van der Waals surface area contributed by atoms with E-state index in [9.17, 15) is 4.79 Å². The van der Waals surface area contributed by atoms with Crippen LogP contribution in [0.4, 0.5) is 0 Å². The highest BCUT2D eigenvalue weighted by Gasteiger charge is 2.35. The van der Waals surface area contributed by atoms with E-state index in [1.807, 2.05) is 13.8 Å². The molecule has 6 nitrogen and oxygen atoms in total. The molecule has 1 rings (SSSR count). The van der Waals surface area contributed by atoms with Crippen LogP contribution in [0.15, 0.2) is 0 Å². The van der Waals surface area contributed by atoms with Gasteiger partial charge in [0.1, 0.15) is 5.54 Å². The predicted molar refractivity (Wildman–Crippen MR) is 81.4 cm³/mol. The monoisotopic (exact) mass is 302 g/mol. The van der Waals surface area contributed by atoms with Crippen LogP contribution in [0.5, 0.6) is 0 Å². The minimum Gasteiger partial charge on any atom is -0.465 e. The SMILES string of the molecule is CCOC(=O)C(C)(CCCN1CC(OC)C(OC)C1)NC. The third-order valence-electron chi connectivity index (χ3n) is 4.33. The number of carbonyl (C=O) groups is 1. The number of hydrogen-bond donors (Lipinski definition) is 1. The van der Waals surface area contributed by atoms with E-state index < -0.39 is 5.54 Å². The van der Waals surface area contributed by atoms with Crippen molar-refractivity contribution in [3.8, 4) is 0 Å². The van der Waals surface area contributed by atoms with Crippen molar-refractivity contribution in [2.45, 2.75) is 44.4 Å². The molecule has 21 heavy (non-hydrogen) atoms. The number of carbonyl (C=O) groups excluding carboxylic acids is 1. The van der Waals surface area contributed by atoms with E-state index in [0.717, 1.165) is 32.5 Å². The third-order valence-corrected chi connectivity index (χ3v) is 4.33. The molecule has 0 radical (unpaired) electrons. The van der Waals surface area contributed by atoms with Crippen molar-refractivity contribution in [2.24, 2.45) is 0 Å². The highest BCUT2D eigenvalue weighted by atomic mass is 16.5. The van der Waals surface area contributed by atoms with Gasteiger partial charge in [-0.1, -0.05) is 0 Å². The van der Waals surface area contributed by atoms with Gasteiger partial charge in [0.2, 0.25) is 0 Å². The molecule has 1 saturated heterocycles. The number of nitrogens with one attached hydrogen (secondary N) is 1. The first-order valence-corrected chi connectivity index (χ1v) is 7.64. The molecular formula is C15H30N2O4. The van der Waals surface area contributed by atoms with Gasteiger partial charge in [0.15, 0.2) is 0 Å². The van der Waals surface area contributed by atoms with E-state index in [-0.39, 0.29) is 18.2 Å². The molecule has 1 aliphatic rings. The van der Waals surface area contributed by atoms with Crippen LogP contribution in [0.1, 0.15) is 26.7 Å². The van der Waals surface area contributed by atoms with Crippen LogP contribution in [-0.4, -0.2) is 76.1 Å². The van der Waals surface area contributed by atoms with E-state index in [1.165, 1.54) is 0 Å². The molecular weight excluding hydrogens is 272 g/mol. The maximum atomic E-state index is 12.0. The number of hydrogen-bond acceptors (Lipinski definition) is 6. The summed E-state index contributed by atoms with van der Waals surface area (Å²) in [7, 11) is 5.24. The van der Waals surface area contributed by atoms with Crippen molar-refractivity contribution in [2.75, 3.05) is 47.5 Å². The lowest BCUT2D eigenvalue weighted by atomic mass is 9.96. The standard InChI is InChI=1S/C15H30N2O4/c1-6-21-14(18)15(2,16-3)8-7-9-17-10-12(19-4)13(11-17)20-5/h12-13,16H,6-11H2,1-5H3. The number of nitrogens with zero attached hydrogens (tertiary/aromatic N) is 1. The lowest BCUT2D eigenvalue weighted by Crippen LogP contribution is -2.49. The Hall–Kier alpha value is -0.690. The zero-order valence-corrected chi connectivity index (χ0v) is 14.0. The number of rotatable bonds is 9. The quantitative estimate of drug-likeness (QED) is 0.631. The molecule has 0 aromatic rings. The second-order valence-electron chi connectivity index (χ2n) is 5.71. The van der Waals surface area contributed by atoms with Gasteiger partial charge in [-0.15, -0.1) is 0 Å². The van der Waals surface area contributed by atoms with Gasteiger partial charge in [-0.3, -0.25) is 9.69 Å². The minimum atomic E-state index is -0.614. The number of likely N-dealkylation sites (tertiary alicyclic amines) is 1. The molecule has 0 spiro atoms. The first kappa shape index (κ1) is 18.4. The first-order chi connectivity index (χ1) is 10.0. The summed E-state index contributed by atoms with van der Waals surface area (Å²) >= 11 is 0. The van der Waals surface area contributed by atoms with Crippen molar-refractivity contribution in [1.82, 2.24) is 10.2 Å². The third kappa shape index (κ3) is 4.92. The molecule has 0 aromatic heterocycles. The predicted octanol–water partition coefficient (Wildman–Crippen LogP) is 0.653. The van der Waals surface area contributed by atoms with Gasteiger partial charge in [-0.25, -0.2) is 0 Å². The zero-order chi connectivity index (χ0) is 15.9. The van der Waals surface area contributed by atoms with Gasteiger partial charge in [-0.05, 0) is 40.3 Å². The Morgan fingerprint density at radius 1 is 1.29 bits per heavy atom. The second-order valence-corrected chi connectivity index (χ2v) is 5.71. The van der Waals surface area contributed by atoms with Crippen LogP contribution in [0.3, 0.4) is 0 Å². The topological polar surface area (TPSA) is 60.0 Å². The van der Waals surface area contributed by atoms with Gasteiger partial charge in [-0.2, -0.15) is 0 Å². The van der Waals surface area contributed by atoms with Gasteiger partial charge in [0.25, 0.3) is 0 Å². The number of ether oxygens (including phenoxy) is 3. The summed E-state index contributed by atoms with van der Waals surface area (Å²) in [6.07, 6.45) is 1.93. The Bertz CT molecular complexity index is 315. The Morgan fingerprint density at radius 3 is 2.29 bits per heavy atom. The van der Waals surface area contributed by atoms with Gasteiger partial charge < -0.3 is 19.5 Å². The molecule has 1 heterocycles. The smallest absolute Gasteiger partial charge is 0.326 e. The maximum absolute atomic E-state index is 12.0. The molecule has 1 N–H and O–H groups in total. The molecule has 1 fully saturated rings. The van der Waals surface area contributed by atoms with Crippen molar-refractivity contribution in [3.63, 3.8) is 0 Å². The summed E-state index contributed by atoms with van der Waals surface area (Å²) in [5, 5.41) is 3.09. The fourth-order valence-electron chi connectivity index (χ4n) is 2.73. The van der Waals surface area contributed by atoms with Gasteiger partial charge in [0, 0.05) is 27.3 Å². The van der Waals surface area contributed by atoms with E-state index in [4.69, 9.17) is 14.2 Å². The molecule has 3 unspecified atom stereocenters. The van der Waals surface area contributed by atoms with E-state index in [1.54, 1.807) is 21.3 Å². The van der Waals surface area contributed by atoms with Crippen LogP contribution in [0.25, 0.3) is 0 Å². The average Bonchev–Trinajstić information content (AvgIpc) is 2.89. The molecule has 124 valence electrons. The van der Waals surface area contributed by atoms with E-state index in [2.05, 4.69) is 10.2 Å². The van der Waals surface area contributed by atoms with Gasteiger partial charge >= 0.3 is 5.97 Å². The summed E-state index contributed by atoms with van der Waals surface area (Å²) in [6.45, 7) is 6.82. The number of likely N-dealkylation sites (N-methyl/N-ethyl adjacent to an activating group) is 1. The first-order valence-electron chi connectivity index (χ1n) is 7.64. The van der Waals surface area contributed by atoms with Crippen LogP contribution in [0.2, 0.25) is 0 Å². The molecule has 0 saturated carbocycles. The van der Waals surface area contributed by atoms with Crippen LogP contribution < -0.4 is 5.32 Å². The Labute approximate surface area is 128 Å². The van der Waals surface area contributed by atoms with E-state index in [0.29, 0.717) is 6.61 Å². The minimum absolute atomic E-state index is 0.135. The highest BCUT2D eigenvalue weighted by Crippen LogP contribution is 2.19.